The van der Waals surface area contributed by atoms with Crippen molar-refractivity contribution in [3.05, 3.63) is 35.4 Å². The molecule has 6 heteroatoms. The van der Waals surface area contributed by atoms with E-state index in [2.05, 4.69) is 5.32 Å². The van der Waals surface area contributed by atoms with Gasteiger partial charge in [0.25, 0.3) is 5.91 Å². The minimum absolute atomic E-state index is 0.101. The van der Waals surface area contributed by atoms with Crippen molar-refractivity contribution in [1.82, 2.24) is 5.32 Å². The lowest BCUT2D eigenvalue weighted by atomic mass is 10.1. The molecule has 1 rings (SSSR count). The second-order valence-corrected chi connectivity index (χ2v) is 4.02. The first-order valence-electron chi connectivity index (χ1n) is 5.76. The Morgan fingerprint density at radius 2 is 1.95 bits per heavy atom. The van der Waals surface area contributed by atoms with Gasteiger partial charge in [0.05, 0.1) is 11.6 Å². The minimum Gasteiger partial charge on any atom is -0.336 e. The highest BCUT2D eigenvalue weighted by atomic mass is 19.4. The van der Waals surface area contributed by atoms with E-state index in [4.69, 9.17) is 5.26 Å². The number of nitriles is 1. The molecule has 0 saturated heterocycles. The molecule has 1 aromatic rings. The Morgan fingerprint density at radius 3 is 2.37 bits per heavy atom. The summed E-state index contributed by atoms with van der Waals surface area (Å²) in [7, 11) is 0. The zero-order chi connectivity index (χ0) is 14.5. The molecule has 0 radical (unpaired) electrons. The van der Waals surface area contributed by atoms with E-state index in [0.29, 0.717) is 6.42 Å². The van der Waals surface area contributed by atoms with Crippen molar-refractivity contribution in [2.45, 2.75) is 32.0 Å². The summed E-state index contributed by atoms with van der Waals surface area (Å²) in [4.78, 5) is 11.7. The van der Waals surface area contributed by atoms with Crippen LogP contribution < -0.4 is 5.32 Å². The first kappa shape index (κ1) is 15.0. The van der Waals surface area contributed by atoms with Crippen molar-refractivity contribution >= 4 is 5.91 Å². The van der Waals surface area contributed by atoms with E-state index in [-0.39, 0.29) is 5.56 Å². The summed E-state index contributed by atoms with van der Waals surface area (Å²) in [6.07, 6.45) is -3.19. The zero-order valence-electron chi connectivity index (χ0n) is 10.3. The van der Waals surface area contributed by atoms with E-state index in [1.807, 2.05) is 13.0 Å². The SMILES string of the molecule is CCCC(C#N)NC(=O)c1ccc(C(F)(F)F)cc1. The fourth-order valence-electron chi connectivity index (χ4n) is 1.51. The number of halogens is 3. The fraction of sp³-hybridized carbons (Fsp3) is 0.385. The number of rotatable bonds is 4. The number of nitrogens with one attached hydrogen (secondary N) is 1. The summed E-state index contributed by atoms with van der Waals surface area (Å²) < 4.78 is 37.0. The number of carbonyl (C=O) groups excluding carboxylic acids is 1. The lowest BCUT2D eigenvalue weighted by Crippen LogP contribution is -2.33. The number of benzene rings is 1. The van der Waals surface area contributed by atoms with Gasteiger partial charge in [0.15, 0.2) is 0 Å². The van der Waals surface area contributed by atoms with Gasteiger partial charge in [0.2, 0.25) is 0 Å². The monoisotopic (exact) mass is 270 g/mol. The van der Waals surface area contributed by atoms with Crippen LogP contribution in [0.3, 0.4) is 0 Å². The number of amides is 1. The third kappa shape index (κ3) is 4.28. The second-order valence-electron chi connectivity index (χ2n) is 4.02. The Hall–Kier alpha value is -2.03. The molecule has 1 amide bonds. The van der Waals surface area contributed by atoms with Crippen LogP contribution in [-0.4, -0.2) is 11.9 Å². The van der Waals surface area contributed by atoms with Gasteiger partial charge in [-0.3, -0.25) is 4.79 Å². The first-order valence-corrected chi connectivity index (χ1v) is 5.76. The molecule has 0 aromatic heterocycles. The average Bonchev–Trinajstić information content (AvgIpc) is 2.37. The van der Waals surface area contributed by atoms with E-state index >= 15 is 0 Å². The molecule has 0 heterocycles. The van der Waals surface area contributed by atoms with Crippen molar-refractivity contribution in [1.29, 1.82) is 5.26 Å². The maximum atomic E-state index is 12.3. The summed E-state index contributed by atoms with van der Waals surface area (Å²) in [5.41, 5.74) is -0.709. The van der Waals surface area contributed by atoms with Crippen molar-refractivity contribution in [3.8, 4) is 6.07 Å². The minimum atomic E-state index is -4.42. The van der Waals surface area contributed by atoms with Gasteiger partial charge < -0.3 is 5.32 Å². The van der Waals surface area contributed by atoms with Crippen LogP contribution in [-0.2, 0) is 6.18 Å². The van der Waals surface area contributed by atoms with Gasteiger partial charge in [0.1, 0.15) is 6.04 Å². The first-order chi connectivity index (χ1) is 8.88. The van der Waals surface area contributed by atoms with E-state index < -0.39 is 23.7 Å². The van der Waals surface area contributed by atoms with Crippen molar-refractivity contribution in [2.24, 2.45) is 0 Å². The van der Waals surface area contributed by atoms with Gasteiger partial charge in [-0.25, -0.2) is 0 Å². The smallest absolute Gasteiger partial charge is 0.336 e. The highest BCUT2D eigenvalue weighted by molar-refractivity contribution is 5.94. The van der Waals surface area contributed by atoms with Gasteiger partial charge in [0, 0.05) is 5.56 Å². The van der Waals surface area contributed by atoms with E-state index in [0.717, 1.165) is 30.7 Å². The third-order valence-corrected chi connectivity index (χ3v) is 2.51. The summed E-state index contributed by atoms with van der Waals surface area (Å²) in [6.45, 7) is 1.87. The number of carbonyl (C=O) groups is 1. The van der Waals surface area contributed by atoms with E-state index in [1.165, 1.54) is 0 Å². The van der Waals surface area contributed by atoms with Gasteiger partial charge in [-0.05, 0) is 30.7 Å². The predicted molar refractivity (Wildman–Crippen MR) is 63.2 cm³/mol. The normalized spacial score (nSPS) is 12.6. The van der Waals surface area contributed by atoms with Gasteiger partial charge >= 0.3 is 6.18 Å². The standard InChI is InChI=1S/C13H13F3N2O/c1-2-3-11(8-17)18-12(19)9-4-6-10(7-5-9)13(14,15)16/h4-7,11H,2-3H2,1H3,(H,18,19). The molecule has 102 valence electrons. The van der Waals surface area contributed by atoms with E-state index in [1.54, 1.807) is 0 Å². The lowest BCUT2D eigenvalue weighted by Gasteiger charge is -2.11. The zero-order valence-corrected chi connectivity index (χ0v) is 10.3. The molecule has 1 unspecified atom stereocenters. The maximum Gasteiger partial charge on any atom is 0.416 e. The number of alkyl halides is 3. The lowest BCUT2D eigenvalue weighted by molar-refractivity contribution is -0.137. The summed E-state index contributed by atoms with van der Waals surface area (Å²) >= 11 is 0. The molecular weight excluding hydrogens is 257 g/mol. The van der Waals surface area contributed by atoms with Crippen molar-refractivity contribution in [2.75, 3.05) is 0 Å². The quantitative estimate of drug-likeness (QED) is 0.913. The maximum absolute atomic E-state index is 12.3. The summed E-state index contributed by atoms with van der Waals surface area (Å²) in [5, 5.41) is 11.3. The summed E-state index contributed by atoms with van der Waals surface area (Å²) in [5.74, 6) is -0.547. The van der Waals surface area contributed by atoms with E-state index in [9.17, 15) is 18.0 Å². The Kier molecular flexibility index (Phi) is 4.93. The molecule has 1 aromatic carbocycles. The third-order valence-electron chi connectivity index (χ3n) is 2.51. The van der Waals surface area contributed by atoms with Gasteiger partial charge in [-0.1, -0.05) is 13.3 Å². The topological polar surface area (TPSA) is 52.9 Å². The average molecular weight is 270 g/mol. The molecule has 19 heavy (non-hydrogen) atoms. The highest BCUT2D eigenvalue weighted by Crippen LogP contribution is 2.29. The number of nitrogens with zero attached hydrogens (tertiary/aromatic N) is 1. The highest BCUT2D eigenvalue weighted by Gasteiger charge is 2.30. The van der Waals surface area contributed by atoms with Crippen LogP contribution in [0.25, 0.3) is 0 Å². The molecule has 3 nitrogen and oxygen atoms in total. The van der Waals surface area contributed by atoms with Crippen molar-refractivity contribution < 1.29 is 18.0 Å². The van der Waals surface area contributed by atoms with Crippen LogP contribution in [0, 0.1) is 11.3 Å². The molecule has 0 saturated carbocycles. The number of hydrogen-bond acceptors (Lipinski definition) is 2. The Labute approximate surface area is 109 Å². The molecule has 0 spiro atoms. The molecule has 0 aliphatic carbocycles. The van der Waals surface area contributed by atoms with Crippen LogP contribution in [0.15, 0.2) is 24.3 Å². The van der Waals surface area contributed by atoms with Crippen LogP contribution in [0.1, 0.15) is 35.7 Å². The predicted octanol–water partition coefficient (Wildman–Crippen LogP) is 3.13. The van der Waals surface area contributed by atoms with Gasteiger partial charge in [-0.2, -0.15) is 18.4 Å². The molecule has 1 atom stereocenters. The van der Waals surface area contributed by atoms with Crippen LogP contribution >= 0.6 is 0 Å². The summed E-state index contributed by atoms with van der Waals surface area (Å²) in [6, 6.07) is 5.18. The molecule has 0 fully saturated rings. The molecular formula is C13H13F3N2O. The van der Waals surface area contributed by atoms with Gasteiger partial charge in [-0.15, -0.1) is 0 Å². The molecule has 0 aliphatic heterocycles. The Bertz CT molecular complexity index is 474. The molecule has 0 bridgehead atoms. The Balaban J connectivity index is 2.76. The Morgan fingerprint density at radius 1 is 1.37 bits per heavy atom. The van der Waals surface area contributed by atoms with Crippen LogP contribution in [0.5, 0.6) is 0 Å². The van der Waals surface area contributed by atoms with Crippen molar-refractivity contribution in [3.63, 3.8) is 0 Å². The molecule has 0 aliphatic rings. The second kappa shape index (κ2) is 6.23. The van der Waals surface area contributed by atoms with Crippen LogP contribution in [0.2, 0.25) is 0 Å². The van der Waals surface area contributed by atoms with Crippen LogP contribution in [0.4, 0.5) is 13.2 Å². The molecule has 1 N–H and O–H groups in total. The fourth-order valence-corrected chi connectivity index (χ4v) is 1.51. The number of hydrogen-bond donors (Lipinski definition) is 1. The largest absolute Gasteiger partial charge is 0.416 e.